The summed E-state index contributed by atoms with van der Waals surface area (Å²) >= 11 is 1.18. The van der Waals surface area contributed by atoms with Crippen molar-refractivity contribution in [3.05, 3.63) is 58.8 Å². The van der Waals surface area contributed by atoms with Crippen LogP contribution >= 0.6 is 11.7 Å². The molecule has 3 heterocycles. The maximum atomic E-state index is 12.4. The van der Waals surface area contributed by atoms with E-state index in [2.05, 4.69) is 18.7 Å². The second kappa shape index (κ2) is 4.71. The van der Waals surface area contributed by atoms with Crippen LogP contribution in [0, 0.1) is 0 Å². The van der Waals surface area contributed by atoms with Crippen LogP contribution in [0.3, 0.4) is 0 Å². The van der Waals surface area contributed by atoms with E-state index in [4.69, 9.17) is 0 Å². The topological polar surface area (TPSA) is 73.6 Å². The molecule has 0 amide bonds. The van der Waals surface area contributed by atoms with Crippen LogP contribution in [-0.2, 0) is 6.54 Å². The Hall–Kier alpha value is -2.67. The average Bonchev–Trinajstić information content (AvgIpc) is 2.98. The Morgan fingerprint density at radius 2 is 2.00 bits per heavy atom. The Morgan fingerprint density at radius 3 is 2.95 bits per heavy atom. The van der Waals surface area contributed by atoms with Gasteiger partial charge in [0.2, 0.25) is 0 Å². The summed E-state index contributed by atoms with van der Waals surface area (Å²) in [5.41, 5.74) is 3.09. The third-order valence-corrected chi connectivity index (χ3v) is 3.83. The number of hydrogen-bond donors (Lipinski definition) is 0. The fourth-order valence-electron chi connectivity index (χ4n) is 2.23. The van der Waals surface area contributed by atoms with Gasteiger partial charge in [0.25, 0.3) is 5.56 Å². The fourth-order valence-corrected chi connectivity index (χ4v) is 2.75. The quantitative estimate of drug-likeness (QED) is 0.564. The number of nitrogens with zero attached hydrogens (tertiary/aromatic N) is 5. The summed E-state index contributed by atoms with van der Waals surface area (Å²) in [4.78, 5) is 20.7. The third-order valence-electron chi connectivity index (χ3n) is 3.27. The van der Waals surface area contributed by atoms with E-state index >= 15 is 0 Å². The van der Waals surface area contributed by atoms with Crippen LogP contribution in [0.4, 0.5) is 0 Å². The largest absolute Gasteiger partial charge is 0.294 e. The van der Waals surface area contributed by atoms with E-state index in [1.54, 1.807) is 22.9 Å². The van der Waals surface area contributed by atoms with Gasteiger partial charge in [-0.05, 0) is 29.8 Å². The first-order valence-electron chi connectivity index (χ1n) is 6.33. The van der Waals surface area contributed by atoms with E-state index < -0.39 is 0 Å². The summed E-state index contributed by atoms with van der Waals surface area (Å²) in [5, 5.41) is 0.524. The van der Waals surface area contributed by atoms with Crippen LogP contribution in [0.2, 0.25) is 0 Å². The number of fused-ring (bicyclic) bond motifs is 2. The average molecular weight is 295 g/mol. The first-order chi connectivity index (χ1) is 10.3. The molecular formula is C14H9N5OS. The van der Waals surface area contributed by atoms with E-state index in [1.807, 2.05) is 18.2 Å². The first-order valence-corrected chi connectivity index (χ1v) is 7.06. The zero-order valence-electron chi connectivity index (χ0n) is 10.8. The Labute approximate surface area is 123 Å². The minimum atomic E-state index is -0.0930. The van der Waals surface area contributed by atoms with Crippen molar-refractivity contribution >= 4 is 33.8 Å². The molecule has 0 unspecified atom stereocenters. The third kappa shape index (κ3) is 2.07. The van der Waals surface area contributed by atoms with Crippen LogP contribution in [0.15, 0.2) is 47.7 Å². The first kappa shape index (κ1) is 12.1. The molecule has 0 fully saturated rings. The predicted molar refractivity (Wildman–Crippen MR) is 80.3 cm³/mol. The molecule has 1 aromatic carbocycles. The molecule has 0 aliphatic carbocycles. The molecule has 4 rings (SSSR count). The molecule has 0 bridgehead atoms. The highest BCUT2D eigenvalue weighted by atomic mass is 32.1. The van der Waals surface area contributed by atoms with Gasteiger partial charge in [0.05, 0.1) is 23.7 Å². The highest BCUT2D eigenvalue weighted by molar-refractivity contribution is 7.00. The number of rotatable bonds is 2. The van der Waals surface area contributed by atoms with Gasteiger partial charge in [-0.25, -0.2) is 9.97 Å². The summed E-state index contributed by atoms with van der Waals surface area (Å²) in [6, 6.07) is 9.28. The van der Waals surface area contributed by atoms with Gasteiger partial charge in [-0.3, -0.25) is 9.36 Å². The van der Waals surface area contributed by atoms with E-state index in [0.717, 1.165) is 16.6 Å². The van der Waals surface area contributed by atoms with Gasteiger partial charge < -0.3 is 0 Å². The fraction of sp³-hybridized carbons (Fsp3) is 0.0714. The number of hydrogen-bond acceptors (Lipinski definition) is 6. The van der Waals surface area contributed by atoms with E-state index in [0.29, 0.717) is 17.6 Å². The number of pyridine rings is 1. The minimum Gasteiger partial charge on any atom is -0.294 e. The molecule has 0 spiro atoms. The van der Waals surface area contributed by atoms with Crippen LogP contribution < -0.4 is 5.56 Å². The van der Waals surface area contributed by atoms with Crippen molar-refractivity contribution in [3.8, 4) is 0 Å². The van der Waals surface area contributed by atoms with Gasteiger partial charge in [-0.1, -0.05) is 6.07 Å². The van der Waals surface area contributed by atoms with Gasteiger partial charge in [0.15, 0.2) is 5.65 Å². The lowest BCUT2D eigenvalue weighted by molar-refractivity contribution is 0.747. The summed E-state index contributed by atoms with van der Waals surface area (Å²) in [7, 11) is 0. The number of aromatic nitrogens is 5. The molecule has 0 aliphatic rings. The van der Waals surface area contributed by atoms with Crippen molar-refractivity contribution < 1.29 is 0 Å². The Balaban J connectivity index is 1.79. The molecule has 0 atom stereocenters. The lowest BCUT2D eigenvalue weighted by atomic mass is 10.2. The second-order valence-corrected chi connectivity index (χ2v) is 5.17. The van der Waals surface area contributed by atoms with E-state index in [-0.39, 0.29) is 5.56 Å². The van der Waals surface area contributed by atoms with E-state index in [9.17, 15) is 4.79 Å². The zero-order valence-corrected chi connectivity index (χ0v) is 11.6. The van der Waals surface area contributed by atoms with Gasteiger partial charge in [0.1, 0.15) is 17.4 Å². The van der Waals surface area contributed by atoms with Gasteiger partial charge in [-0.15, -0.1) is 0 Å². The molecule has 21 heavy (non-hydrogen) atoms. The van der Waals surface area contributed by atoms with Crippen molar-refractivity contribution in [2.45, 2.75) is 6.54 Å². The molecular weight excluding hydrogens is 286 g/mol. The van der Waals surface area contributed by atoms with Gasteiger partial charge in [-0.2, -0.15) is 8.75 Å². The molecule has 0 aliphatic heterocycles. The SMILES string of the molecule is O=c1c2cccnc2ncn1Cc1ccc2nsnc2c1. The van der Waals surface area contributed by atoms with Crippen molar-refractivity contribution in [3.63, 3.8) is 0 Å². The Morgan fingerprint density at radius 1 is 1.10 bits per heavy atom. The maximum absolute atomic E-state index is 12.4. The van der Waals surface area contributed by atoms with E-state index in [1.165, 1.54) is 18.1 Å². The molecule has 7 heteroatoms. The van der Waals surface area contributed by atoms with Crippen LogP contribution in [0.1, 0.15) is 5.56 Å². The lowest BCUT2D eigenvalue weighted by Crippen LogP contribution is -2.21. The number of benzene rings is 1. The molecule has 0 saturated carbocycles. The van der Waals surface area contributed by atoms with Crippen molar-refractivity contribution in [2.24, 2.45) is 0 Å². The van der Waals surface area contributed by atoms with Crippen molar-refractivity contribution in [2.75, 3.05) is 0 Å². The lowest BCUT2D eigenvalue weighted by Gasteiger charge is -2.06. The summed E-state index contributed by atoms with van der Waals surface area (Å²) in [5.74, 6) is 0. The summed E-state index contributed by atoms with van der Waals surface area (Å²) < 4.78 is 9.95. The van der Waals surface area contributed by atoms with Crippen molar-refractivity contribution in [1.82, 2.24) is 23.3 Å². The Bertz CT molecular complexity index is 1010. The smallest absolute Gasteiger partial charge is 0.263 e. The molecule has 0 N–H and O–H groups in total. The second-order valence-electron chi connectivity index (χ2n) is 4.64. The minimum absolute atomic E-state index is 0.0930. The highest BCUT2D eigenvalue weighted by Crippen LogP contribution is 2.14. The summed E-state index contributed by atoms with van der Waals surface area (Å²) in [6.45, 7) is 0.449. The van der Waals surface area contributed by atoms with Crippen LogP contribution in [0.25, 0.3) is 22.1 Å². The Kier molecular flexibility index (Phi) is 2.71. The predicted octanol–water partition coefficient (Wildman–Crippen LogP) is 1.84. The van der Waals surface area contributed by atoms with Gasteiger partial charge >= 0.3 is 0 Å². The van der Waals surface area contributed by atoms with Crippen LogP contribution in [0.5, 0.6) is 0 Å². The molecule has 3 aromatic heterocycles. The van der Waals surface area contributed by atoms with Crippen LogP contribution in [-0.4, -0.2) is 23.3 Å². The van der Waals surface area contributed by atoms with Crippen molar-refractivity contribution in [1.29, 1.82) is 0 Å². The molecule has 0 saturated heterocycles. The zero-order chi connectivity index (χ0) is 14.2. The standard InChI is InChI=1S/C14H9N5OS/c20-14-10-2-1-5-15-13(10)16-8-19(14)7-9-3-4-11-12(6-9)18-21-17-11/h1-6,8H,7H2. The normalized spacial score (nSPS) is 11.2. The van der Waals surface area contributed by atoms with Gasteiger partial charge in [0, 0.05) is 6.20 Å². The molecule has 4 aromatic rings. The molecule has 0 radical (unpaired) electrons. The maximum Gasteiger partial charge on any atom is 0.263 e. The highest BCUT2D eigenvalue weighted by Gasteiger charge is 2.06. The molecule has 6 nitrogen and oxygen atoms in total. The monoisotopic (exact) mass is 295 g/mol. The molecule has 102 valence electrons. The summed E-state index contributed by atoms with van der Waals surface area (Å²) in [6.07, 6.45) is 3.16.